The summed E-state index contributed by atoms with van der Waals surface area (Å²) >= 11 is 1.66. The third-order valence-electron chi connectivity index (χ3n) is 2.52. The summed E-state index contributed by atoms with van der Waals surface area (Å²) in [7, 11) is 0. The van der Waals surface area contributed by atoms with Crippen LogP contribution in [0.3, 0.4) is 0 Å². The van der Waals surface area contributed by atoms with Crippen LogP contribution in [0.2, 0.25) is 0 Å². The van der Waals surface area contributed by atoms with E-state index in [2.05, 4.69) is 6.07 Å². The summed E-state index contributed by atoms with van der Waals surface area (Å²) in [6.45, 7) is -0.167. The third kappa shape index (κ3) is 1.77. The van der Waals surface area contributed by atoms with Crippen molar-refractivity contribution in [1.29, 1.82) is 0 Å². The van der Waals surface area contributed by atoms with Crippen molar-refractivity contribution in [3.63, 3.8) is 0 Å². The summed E-state index contributed by atoms with van der Waals surface area (Å²) in [5, 5.41) is 18.2. The van der Waals surface area contributed by atoms with Crippen LogP contribution in [0.15, 0.2) is 6.07 Å². The highest BCUT2D eigenvalue weighted by Gasteiger charge is 2.16. The highest BCUT2D eigenvalue weighted by molar-refractivity contribution is 7.12. The molecule has 0 fully saturated rings. The quantitative estimate of drug-likeness (QED) is 0.758. The standard InChI is InChI=1S/C10H14O2S/c11-6-8(12)10-5-7-3-1-2-4-9(7)13-10/h5,8,11-12H,1-4,6H2. The number of rotatable bonds is 2. The molecule has 1 aliphatic carbocycles. The Morgan fingerprint density at radius 3 is 2.85 bits per heavy atom. The summed E-state index contributed by atoms with van der Waals surface area (Å²) in [5.74, 6) is 0. The molecule has 1 aromatic heterocycles. The van der Waals surface area contributed by atoms with Crippen molar-refractivity contribution >= 4 is 11.3 Å². The lowest BCUT2D eigenvalue weighted by Crippen LogP contribution is -1.99. The topological polar surface area (TPSA) is 40.5 Å². The molecule has 2 rings (SSSR count). The van der Waals surface area contributed by atoms with Crippen LogP contribution in [0.4, 0.5) is 0 Å². The number of fused-ring (bicyclic) bond motifs is 1. The van der Waals surface area contributed by atoms with Crippen molar-refractivity contribution in [2.75, 3.05) is 6.61 Å². The molecule has 0 radical (unpaired) electrons. The molecular formula is C10H14O2S. The Kier molecular flexibility index (Phi) is 2.67. The SMILES string of the molecule is OCC(O)c1cc2c(s1)CCCC2. The van der Waals surface area contributed by atoms with E-state index in [0.717, 1.165) is 17.7 Å². The highest BCUT2D eigenvalue weighted by atomic mass is 32.1. The lowest BCUT2D eigenvalue weighted by molar-refractivity contribution is 0.0983. The van der Waals surface area contributed by atoms with Gasteiger partial charge in [-0.05, 0) is 37.3 Å². The van der Waals surface area contributed by atoms with Gasteiger partial charge in [0.2, 0.25) is 0 Å². The van der Waals surface area contributed by atoms with Crippen LogP contribution < -0.4 is 0 Å². The van der Waals surface area contributed by atoms with Gasteiger partial charge in [-0.1, -0.05) is 0 Å². The van der Waals surface area contributed by atoms with Crippen LogP contribution in [0.1, 0.15) is 34.3 Å². The molecular weight excluding hydrogens is 184 g/mol. The predicted molar refractivity (Wildman–Crippen MR) is 53.0 cm³/mol. The smallest absolute Gasteiger partial charge is 0.111 e. The van der Waals surface area contributed by atoms with Crippen LogP contribution in [-0.4, -0.2) is 16.8 Å². The molecule has 0 bridgehead atoms. The zero-order valence-electron chi connectivity index (χ0n) is 7.49. The first-order valence-electron chi connectivity index (χ1n) is 4.71. The van der Waals surface area contributed by atoms with E-state index < -0.39 is 6.10 Å². The molecule has 1 unspecified atom stereocenters. The maximum absolute atomic E-state index is 9.44. The van der Waals surface area contributed by atoms with Crippen molar-refractivity contribution in [3.05, 3.63) is 21.4 Å². The molecule has 0 spiro atoms. The molecule has 0 saturated heterocycles. The Labute approximate surface area is 81.8 Å². The summed E-state index contributed by atoms with van der Waals surface area (Å²) < 4.78 is 0. The van der Waals surface area contributed by atoms with Gasteiger partial charge in [-0.15, -0.1) is 11.3 Å². The lowest BCUT2D eigenvalue weighted by Gasteiger charge is -2.08. The highest BCUT2D eigenvalue weighted by Crippen LogP contribution is 2.32. The number of aryl methyl sites for hydroxylation is 2. The molecule has 0 saturated carbocycles. The number of aliphatic hydroxyl groups is 2. The molecule has 1 aromatic rings. The van der Waals surface area contributed by atoms with Gasteiger partial charge in [0.1, 0.15) is 6.10 Å². The first-order valence-corrected chi connectivity index (χ1v) is 5.53. The molecule has 72 valence electrons. The second kappa shape index (κ2) is 3.78. The second-order valence-corrected chi connectivity index (χ2v) is 4.67. The fourth-order valence-corrected chi connectivity index (χ4v) is 3.00. The van der Waals surface area contributed by atoms with Crippen LogP contribution in [-0.2, 0) is 12.8 Å². The van der Waals surface area contributed by atoms with Gasteiger partial charge in [0.15, 0.2) is 0 Å². The minimum atomic E-state index is -0.671. The van der Waals surface area contributed by atoms with Gasteiger partial charge < -0.3 is 10.2 Å². The largest absolute Gasteiger partial charge is 0.393 e. The lowest BCUT2D eigenvalue weighted by atomic mass is 9.99. The van der Waals surface area contributed by atoms with Gasteiger partial charge >= 0.3 is 0 Å². The normalized spacial score (nSPS) is 18.3. The summed E-state index contributed by atoms with van der Waals surface area (Å²) in [5.41, 5.74) is 1.39. The Bertz CT molecular complexity index is 270. The van der Waals surface area contributed by atoms with E-state index >= 15 is 0 Å². The molecule has 1 aliphatic rings. The van der Waals surface area contributed by atoms with Crippen molar-refractivity contribution in [1.82, 2.24) is 0 Å². The van der Waals surface area contributed by atoms with Crippen molar-refractivity contribution in [2.24, 2.45) is 0 Å². The molecule has 1 heterocycles. The Morgan fingerprint density at radius 1 is 1.38 bits per heavy atom. The zero-order chi connectivity index (χ0) is 9.26. The zero-order valence-corrected chi connectivity index (χ0v) is 8.31. The summed E-state index contributed by atoms with van der Waals surface area (Å²) in [4.78, 5) is 2.34. The average molecular weight is 198 g/mol. The van der Waals surface area contributed by atoms with Crippen LogP contribution in [0.25, 0.3) is 0 Å². The summed E-state index contributed by atoms with van der Waals surface area (Å²) in [6, 6.07) is 2.06. The second-order valence-electron chi connectivity index (χ2n) is 3.50. The Balaban J connectivity index is 2.25. The average Bonchev–Trinajstić information content (AvgIpc) is 2.59. The van der Waals surface area contributed by atoms with Gasteiger partial charge in [0.25, 0.3) is 0 Å². The number of thiophene rings is 1. The number of aliphatic hydroxyl groups excluding tert-OH is 2. The van der Waals surface area contributed by atoms with E-state index in [-0.39, 0.29) is 6.61 Å². The van der Waals surface area contributed by atoms with Gasteiger partial charge in [0, 0.05) is 9.75 Å². The summed E-state index contributed by atoms with van der Waals surface area (Å²) in [6.07, 6.45) is 4.15. The fraction of sp³-hybridized carbons (Fsp3) is 0.600. The molecule has 2 N–H and O–H groups in total. The maximum atomic E-state index is 9.44. The van der Waals surface area contributed by atoms with Gasteiger partial charge in [0.05, 0.1) is 6.61 Å². The number of hydrogen-bond acceptors (Lipinski definition) is 3. The predicted octanol–water partition coefficient (Wildman–Crippen LogP) is 1.65. The van der Waals surface area contributed by atoms with Crippen molar-refractivity contribution < 1.29 is 10.2 Å². The maximum Gasteiger partial charge on any atom is 0.111 e. The molecule has 0 amide bonds. The minimum Gasteiger partial charge on any atom is -0.393 e. The molecule has 2 nitrogen and oxygen atoms in total. The van der Waals surface area contributed by atoms with Crippen LogP contribution in [0.5, 0.6) is 0 Å². The minimum absolute atomic E-state index is 0.167. The Morgan fingerprint density at radius 2 is 2.15 bits per heavy atom. The van der Waals surface area contributed by atoms with E-state index in [1.165, 1.54) is 23.3 Å². The Hall–Kier alpha value is -0.380. The fourth-order valence-electron chi connectivity index (χ4n) is 1.77. The van der Waals surface area contributed by atoms with E-state index in [9.17, 15) is 5.11 Å². The molecule has 0 aromatic carbocycles. The van der Waals surface area contributed by atoms with Crippen LogP contribution >= 0.6 is 11.3 Å². The number of hydrogen-bond donors (Lipinski definition) is 2. The van der Waals surface area contributed by atoms with Gasteiger partial charge in [-0.2, -0.15) is 0 Å². The third-order valence-corrected chi connectivity index (χ3v) is 3.86. The van der Waals surface area contributed by atoms with E-state index in [4.69, 9.17) is 5.11 Å². The van der Waals surface area contributed by atoms with Crippen molar-refractivity contribution in [3.8, 4) is 0 Å². The van der Waals surface area contributed by atoms with Gasteiger partial charge in [-0.3, -0.25) is 0 Å². The molecule has 0 aliphatic heterocycles. The monoisotopic (exact) mass is 198 g/mol. The first-order chi connectivity index (χ1) is 6.31. The van der Waals surface area contributed by atoms with Crippen molar-refractivity contribution in [2.45, 2.75) is 31.8 Å². The molecule has 13 heavy (non-hydrogen) atoms. The first kappa shape index (κ1) is 9.19. The molecule has 1 atom stereocenters. The van der Waals surface area contributed by atoms with E-state index in [1.54, 1.807) is 11.3 Å². The molecule has 3 heteroatoms. The van der Waals surface area contributed by atoms with Gasteiger partial charge in [-0.25, -0.2) is 0 Å². The van der Waals surface area contributed by atoms with Crippen LogP contribution in [0, 0.1) is 0 Å². The van der Waals surface area contributed by atoms with E-state index in [1.807, 2.05) is 0 Å². The van der Waals surface area contributed by atoms with E-state index in [0.29, 0.717) is 0 Å².